The van der Waals surface area contributed by atoms with Crippen molar-refractivity contribution in [3.63, 3.8) is 0 Å². The Kier molecular flexibility index (Phi) is 5.76. The molecule has 0 radical (unpaired) electrons. The Balaban J connectivity index is 2.58. The van der Waals surface area contributed by atoms with Crippen molar-refractivity contribution in [2.75, 3.05) is 13.1 Å². The molecule has 0 aliphatic heterocycles. The molecule has 0 aromatic heterocycles. The van der Waals surface area contributed by atoms with E-state index in [4.69, 9.17) is 11.6 Å². The summed E-state index contributed by atoms with van der Waals surface area (Å²) >= 11 is 9.30. The summed E-state index contributed by atoms with van der Waals surface area (Å²) in [5, 5.41) is 13.8. The number of aliphatic hydroxyl groups excluding tert-OH is 1. The first-order valence-corrected chi connectivity index (χ1v) is 6.51. The number of aliphatic hydroxyl groups is 1. The second-order valence-electron chi connectivity index (χ2n) is 4.23. The predicted octanol–water partition coefficient (Wildman–Crippen LogP) is 3.38. The van der Waals surface area contributed by atoms with E-state index in [-0.39, 0.29) is 0 Å². The number of nitrogens with one attached hydrogen (secondary N) is 1. The Morgan fingerprint density at radius 1 is 1.38 bits per heavy atom. The van der Waals surface area contributed by atoms with Gasteiger partial charge in [0.25, 0.3) is 0 Å². The molecule has 1 aromatic rings. The van der Waals surface area contributed by atoms with Crippen LogP contribution in [0.1, 0.15) is 25.5 Å². The number of benzene rings is 1. The maximum Gasteiger partial charge on any atom is 0.0925 e. The highest BCUT2D eigenvalue weighted by molar-refractivity contribution is 9.10. The number of halogens is 2. The summed E-state index contributed by atoms with van der Waals surface area (Å²) in [4.78, 5) is 0. The van der Waals surface area contributed by atoms with Crippen LogP contribution in [0.4, 0.5) is 0 Å². The smallest absolute Gasteiger partial charge is 0.0925 e. The van der Waals surface area contributed by atoms with E-state index in [1.807, 2.05) is 6.07 Å². The van der Waals surface area contributed by atoms with Crippen molar-refractivity contribution < 1.29 is 5.11 Å². The fourth-order valence-electron chi connectivity index (χ4n) is 1.39. The standard InChI is InChI=1S/C12H17BrClNO/c1-8(2)6-15-7-12(16)10-5-9(14)3-4-11(10)13/h3-5,8,12,15-16H,6-7H2,1-2H3. The van der Waals surface area contributed by atoms with Gasteiger partial charge in [-0.3, -0.25) is 0 Å². The lowest BCUT2D eigenvalue weighted by atomic mass is 10.1. The number of rotatable bonds is 5. The van der Waals surface area contributed by atoms with Gasteiger partial charge in [0.15, 0.2) is 0 Å². The van der Waals surface area contributed by atoms with Gasteiger partial charge in [0.05, 0.1) is 6.10 Å². The molecule has 0 fully saturated rings. The van der Waals surface area contributed by atoms with Crippen LogP contribution in [0.25, 0.3) is 0 Å². The minimum Gasteiger partial charge on any atom is -0.387 e. The van der Waals surface area contributed by atoms with Crippen molar-refractivity contribution >= 4 is 27.5 Å². The first kappa shape index (κ1) is 14.0. The van der Waals surface area contributed by atoms with Gasteiger partial charge < -0.3 is 10.4 Å². The van der Waals surface area contributed by atoms with E-state index in [0.29, 0.717) is 17.5 Å². The third-order valence-electron chi connectivity index (χ3n) is 2.21. The molecule has 2 N–H and O–H groups in total. The van der Waals surface area contributed by atoms with Crippen LogP contribution in [0.15, 0.2) is 22.7 Å². The van der Waals surface area contributed by atoms with Crippen LogP contribution in [0.5, 0.6) is 0 Å². The summed E-state index contributed by atoms with van der Waals surface area (Å²) < 4.78 is 0.885. The normalized spacial score (nSPS) is 13.1. The molecule has 0 bridgehead atoms. The molecular formula is C12H17BrClNO. The predicted molar refractivity (Wildman–Crippen MR) is 71.8 cm³/mol. The highest BCUT2D eigenvalue weighted by Crippen LogP contribution is 2.26. The fraction of sp³-hybridized carbons (Fsp3) is 0.500. The second-order valence-corrected chi connectivity index (χ2v) is 5.52. The lowest BCUT2D eigenvalue weighted by Crippen LogP contribution is -2.25. The summed E-state index contributed by atoms with van der Waals surface area (Å²) in [7, 11) is 0. The third-order valence-corrected chi connectivity index (χ3v) is 3.16. The summed E-state index contributed by atoms with van der Waals surface area (Å²) in [5.41, 5.74) is 0.823. The zero-order valence-electron chi connectivity index (χ0n) is 9.50. The zero-order valence-corrected chi connectivity index (χ0v) is 11.8. The monoisotopic (exact) mass is 305 g/mol. The van der Waals surface area contributed by atoms with Gasteiger partial charge in [0, 0.05) is 16.0 Å². The Morgan fingerprint density at radius 2 is 2.06 bits per heavy atom. The van der Waals surface area contributed by atoms with Crippen LogP contribution in [0.2, 0.25) is 5.02 Å². The van der Waals surface area contributed by atoms with Crippen molar-refractivity contribution in [1.82, 2.24) is 5.32 Å². The van der Waals surface area contributed by atoms with E-state index in [9.17, 15) is 5.11 Å². The van der Waals surface area contributed by atoms with E-state index in [0.717, 1.165) is 16.6 Å². The first-order valence-electron chi connectivity index (χ1n) is 5.34. The summed E-state index contributed by atoms with van der Waals surface area (Å²) in [6, 6.07) is 5.43. The molecule has 0 aliphatic carbocycles. The lowest BCUT2D eigenvalue weighted by Gasteiger charge is -2.15. The molecule has 1 atom stereocenters. The minimum atomic E-state index is -0.535. The Hall–Kier alpha value is -0.0900. The van der Waals surface area contributed by atoms with Gasteiger partial charge in [0.1, 0.15) is 0 Å². The lowest BCUT2D eigenvalue weighted by molar-refractivity contribution is 0.173. The van der Waals surface area contributed by atoms with Crippen LogP contribution in [-0.2, 0) is 0 Å². The highest BCUT2D eigenvalue weighted by atomic mass is 79.9. The van der Waals surface area contributed by atoms with Gasteiger partial charge in [-0.1, -0.05) is 41.4 Å². The molecule has 1 rings (SSSR count). The molecule has 0 saturated carbocycles. The topological polar surface area (TPSA) is 32.3 Å². The van der Waals surface area contributed by atoms with Crippen molar-refractivity contribution in [2.24, 2.45) is 5.92 Å². The van der Waals surface area contributed by atoms with Crippen LogP contribution in [-0.4, -0.2) is 18.2 Å². The van der Waals surface area contributed by atoms with E-state index in [1.165, 1.54) is 0 Å². The zero-order chi connectivity index (χ0) is 12.1. The molecule has 0 heterocycles. The maximum atomic E-state index is 9.99. The summed E-state index contributed by atoms with van der Waals surface area (Å²) in [6.07, 6.45) is -0.535. The Morgan fingerprint density at radius 3 is 2.69 bits per heavy atom. The molecule has 0 spiro atoms. The largest absolute Gasteiger partial charge is 0.387 e. The second kappa shape index (κ2) is 6.60. The van der Waals surface area contributed by atoms with Crippen molar-refractivity contribution in [1.29, 1.82) is 0 Å². The van der Waals surface area contributed by atoms with Gasteiger partial charge in [0.2, 0.25) is 0 Å². The molecule has 90 valence electrons. The molecule has 4 heteroatoms. The average molecular weight is 307 g/mol. The van der Waals surface area contributed by atoms with Crippen LogP contribution in [0.3, 0.4) is 0 Å². The van der Waals surface area contributed by atoms with Crippen molar-refractivity contribution in [3.05, 3.63) is 33.3 Å². The van der Waals surface area contributed by atoms with Gasteiger partial charge in [-0.2, -0.15) is 0 Å². The highest BCUT2D eigenvalue weighted by Gasteiger charge is 2.11. The van der Waals surface area contributed by atoms with Crippen molar-refractivity contribution in [3.8, 4) is 0 Å². The van der Waals surface area contributed by atoms with E-state index in [1.54, 1.807) is 12.1 Å². The number of hydrogen-bond acceptors (Lipinski definition) is 2. The molecular weight excluding hydrogens is 289 g/mol. The molecule has 0 amide bonds. The quantitative estimate of drug-likeness (QED) is 0.874. The average Bonchev–Trinajstić information content (AvgIpc) is 2.21. The number of hydrogen-bond donors (Lipinski definition) is 2. The maximum absolute atomic E-state index is 9.99. The molecule has 0 aliphatic rings. The van der Waals surface area contributed by atoms with Gasteiger partial charge >= 0.3 is 0 Å². The first-order chi connectivity index (χ1) is 7.50. The molecule has 1 unspecified atom stereocenters. The summed E-state index contributed by atoms with van der Waals surface area (Å²) in [6.45, 7) is 5.70. The van der Waals surface area contributed by atoms with E-state index < -0.39 is 6.10 Å². The van der Waals surface area contributed by atoms with E-state index in [2.05, 4.69) is 35.1 Å². The van der Waals surface area contributed by atoms with Crippen LogP contribution < -0.4 is 5.32 Å². The molecule has 1 aromatic carbocycles. The van der Waals surface area contributed by atoms with Gasteiger partial charge in [-0.15, -0.1) is 0 Å². The minimum absolute atomic E-state index is 0.535. The molecule has 0 saturated heterocycles. The van der Waals surface area contributed by atoms with Gasteiger partial charge in [-0.25, -0.2) is 0 Å². The van der Waals surface area contributed by atoms with Crippen LogP contribution >= 0.6 is 27.5 Å². The van der Waals surface area contributed by atoms with Gasteiger partial charge in [-0.05, 0) is 36.2 Å². The third kappa shape index (κ3) is 4.42. The summed E-state index contributed by atoms with van der Waals surface area (Å²) in [5.74, 6) is 0.579. The van der Waals surface area contributed by atoms with Crippen molar-refractivity contribution in [2.45, 2.75) is 20.0 Å². The Bertz CT molecular complexity index is 344. The SMILES string of the molecule is CC(C)CNCC(O)c1cc(Cl)ccc1Br. The molecule has 2 nitrogen and oxygen atoms in total. The Labute approximate surface area is 110 Å². The van der Waals surface area contributed by atoms with E-state index >= 15 is 0 Å². The van der Waals surface area contributed by atoms with Crippen LogP contribution in [0, 0.1) is 5.92 Å². The molecule has 16 heavy (non-hydrogen) atoms. The fourth-order valence-corrected chi connectivity index (χ4v) is 2.08.